The first kappa shape index (κ1) is 15.3. The number of likely N-dealkylation sites (N-methyl/N-ethyl adjacent to an activating group) is 1. The van der Waals surface area contributed by atoms with Crippen LogP contribution in [0, 0.1) is 0 Å². The van der Waals surface area contributed by atoms with Gasteiger partial charge in [0, 0.05) is 6.54 Å². The fraction of sp³-hybridized carbons (Fsp3) is 0.353. The first-order valence-corrected chi connectivity index (χ1v) is 7.12. The van der Waals surface area contributed by atoms with Gasteiger partial charge in [0.15, 0.2) is 0 Å². The van der Waals surface area contributed by atoms with Crippen molar-refractivity contribution in [2.75, 3.05) is 20.2 Å². The number of rotatable bonds is 7. The summed E-state index contributed by atoms with van der Waals surface area (Å²) in [5.74, 6) is 0.0515. The topological polar surface area (TPSA) is 49.8 Å². The summed E-state index contributed by atoms with van der Waals surface area (Å²) >= 11 is 0. The zero-order valence-corrected chi connectivity index (χ0v) is 12.5. The normalized spacial score (nSPS) is 12.5. The summed E-state index contributed by atoms with van der Waals surface area (Å²) in [6, 6.07) is 13.7. The lowest BCUT2D eigenvalue weighted by atomic mass is 10.1. The maximum absolute atomic E-state index is 10.8. The van der Waals surface area contributed by atoms with Gasteiger partial charge in [0.2, 0.25) is 0 Å². The Morgan fingerprint density at radius 1 is 1.24 bits per heavy atom. The van der Waals surface area contributed by atoms with Crippen LogP contribution in [0.1, 0.15) is 13.3 Å². The van der Waals surface area contributed by atoms with E-state index in [1.165, 1.54) is 5.39 Å². The van der Waals surface area contributed by atoms with E-state index >= 15 is 0 Å². The van der Waals surface area contributed by atoms with Gasteiger partial charge in [-0.05, 0) is 43.3 Å². The van der Waals surface area contributed by atoms with Crippen LogP contribution >= 0.6 is 0 Å². The van der Waals surface area contributed by atoms with E-state index in [4.69, 9.17) is 9.84 Å². The highest BCUT2D eigenvalue weighted by Gasteiger charge is 2.15. The van der Waals surface area contributed by atoms with Crippen molar-refractivity contribution in [2.24, 2.45) is 0 Å². The molecule has 0 aromatic heterocycles. The molecule has 0 amide bonds. The second kappa shape index (κ2) is 7.09. The average Bonchev–Trinajstić information content (AvgIpc) is 2.50. The molecule has 21 heavy (non-hydrogen) atoms. The lowest BCUT2D eigenvalue weighted by Crippen LogP contribution is -2.36. The van der Waals surface area contributed by atoms with Crippen LogP contribution in [0.5, 0.6) is 5.75 Å². The van der Waals surface area contributed by atoms with E-state index in [0.29, 0.717) is 13.2 Å². The quantitative estimate of drug-likeness (QED) is 0.795. The van der Waals surface area contributed by atoms with E-state index in [0.717, 1.165) is 17.6 Å². The number of carboxylic acid groups (broad SMARTS) is 1. The average molecular weight is 287 g/mol. The molecule has 2 rings (SSSR count). The lowest BCUT2D eigenvalue weighted by molar-refractivity contribution is -0.142. The van der Waals surface area contributed by atoms with Gasteiger partial charge < -0.3 is 9.84 Å². The highest BCUT2D eigenvalue weighted by Crippen LogP contribution is 2.20. The van der Waals surface area contributed by atoms with Gasteiger partial charge in [0.05, 0.1) is 6.61 Å². The van der Waals surface area contributed by atoms with Crippen molar-refractivity contribution in [2.45, 2.75) is 19.4 Å². The Balaban J connectivity index is 1.81. The van der Waals surface area contributed by atoms with Crippen LogP contribution in [0.4, 0.5) is 0 Å². The lowest BCUT2D eigenvalue weighted by Gasteiger charge is -2.20. The number of benzene rings is 2. The Labute approximate surface area is 124 Å². The Kier molecular flexibility index (Phi) is 5.17. The molecule has 0 aliphatic carbocycles. The van der Waals surface area contributed by atoms with Gasteiger partial charge in [-0.1, -0.05) is 30.3 Å². The predicted molar refractivity (Wildman–Crippen MR) is 83.8 cm³/mol. The molecule has 0 saturated heterocycles. The monoisotopic (exact) mass is 287 g/mol. The zero-order valence-electron chi connectivity index (χ0n) is 12.5. The highest BCUT2D eigenvalue weighted by atomic mass is 16.5. The van der Waals surface area contributed by atoms with Crippen molar-refractivity contribution >= 4 is 16.7 Å². The zero-order chi connectivity index (χ0) is 15.2. The summed E-state index contributed by atoms with van der Waals surface area (Å²) in [6.07, 6.45) is 0.793. The van der Waals surface area contributed by atoms with Crippen molar-refractivity contribution in [1.82, 2.24) is 4.90 Å². The molecule has 0 aliphatic heterocycles. The van der Waals surface area contributed by atoms with E-state index in [2.05, 4.69) is 12.1 Å². The van der Waals surface area contributed by atoms with Crippen LogP contribution in [0.25, 0.3) is 10.8 Å². The second-order valence-corrected chi connectivity index (χ2v) is 5.21. The fourth-order valence-corrected chi connectivity index (χ4v) is 2.14. The molecule has 0 radical (unpaired) electrons. The molecule has 0 bridgehead atoms. The Morgan fingerprint density at radius 3 is 2.67 bits per heavy atom. The van der Waals surface area contributed by atoms with Crippen molar-refractivity contribution in [3.05, 3.63) is 42.5 Å². The number of nitrogens with zero attached hydrogens (tertiary/aromatic N) is 1. The number of carbonyl (C=O) groups is 1. The number of carboxylic acids is 1. The molecule has 1 unspecified atom stereocenters. The number of fused-ring (bicyclic) bond motifs is 1. The highest BCUT2D eigenvalue weighted by molar-refractivity contribution is 5.83. The molecule has 2 aromatic rings. The minimum absolute atomic E-state index is 0.467. The standard InChI is InChI=1S/C17H21NO3/c1-13(17(19)20)18(2)10-5-11-21-16-9-8-14-6-3-4-7-15(14)12-16/h3-4,6-9,12-13H,5,10-11H2,1-2H3,(H,19,20). The van der Waals surface area contributed by atoms with Crippen molar-refractivity contribution in [3.8, 4) is 5.75 Å². The molecular formula is C17H21NO3. The minimum Gasteiger partial charge on any atom is -0.494 e. The van der Waals surface area contributed by atoms with Crippen LogP contribution in [0.2, 0.25) is 0 Å². The maximum Gasteiger partial charge on any atom is 0.320 e. The summed E-state index contributed by atoms with van der Waals surface area (Å²) in [5, 5.41) is 11.3. The van der Waals surface area contributed by atoms with Gasteiger partial charge in [-0.15, -0.1) is 0 Å². The van der Waals surface area contributed by atoms with Crippen molar-refractivity contribution in [1.29, 1.82) is 0 Å². The summed E-state index contributed by atoms with van der Waals surface area (Å²) in [6.45, 7) is 2.96. The minimum atomic E-state index is -0.798. The Morgan fingerprint density at radius 2 is 1.95 bits per heavy atom. The van der Waals surface area contributed by atoms with E-state index in [9.17, 15) is 4.79 Å². The number of hydrogen-bond acceptors (Lipinski definition) is 3. The Bertz CT molecular complexity index is 612. The van der Waals surface area contributed by atoms with Crippen LogP contribution < -0.4 is 4.74 Å². The van der Waals surface area contributed by atoms with Crippen LogP contribution in [0.3, 0.4) is 0 Å². The van der Waals surface area contributed by atoms with Crippen LogP contribution in [-0.4, -0.2) is 42.2 Å². The number of aliphatic carboxylic acids is 1. The SMILES string of the molecule is CC(C(=O)O)N(C)CCCOc1ccc2ccccc2c1. The maximum atomic E-state index is 10.8. The van der Waals surface area contributed by atoms with Gasteiger partial charge in [0.1, 0.15) is 11.8 Å². The molecule has 2 aromatic carbocycles. The van der Waals surface area contributed by atoms with E-state index in [1.54, 1.807) is 6.92 Å². The molecule has 4 heteroatoms. The van der Waals surface area contributed by atoms with E-state index < -0.39 is 12.0 Å². The molecule has 4 nitrogen and oxygen atoms in total. The molecule has 0 aliphatic rings. The molecule has 1 N–H and O–H groups in total. The fourth-order valence-electron chi connectivity index (χ4n) is 2.14. The second-order valence-electron chi connectivity index (χ2n) is 5.21. The molecule has 0 heterocycles. The van der Waals surface area contributed by atoms with Gasteiger partial charge in [0.25, 0.3) is 0 Å². The van der Waals surface area contributed by atoms with E-state index in [1.807, 2.05) is 42.3 Å². The molecule has 112 valence electrons. The molecular weight excluding hydrogens is 266 g/mol. The summed E-state index contributed by atoms with van der Waals surface area (Å²) in [5.41, 5.74) is 0. The van der Waals surface area contributed by atoms with Gasteiger partial charge in [-0.3, -0.25) is 9.69 Å². The van der Waals surface area contributed by atoms with Crippen LogP contribution in [-0.2, 0) is 4.79 Å². The number of ether oxygens (including phenoxy) is 1. The van der Waals surface area contributed by atoms with Gasteiger partial charge in [-0.2, -0.15) is 0 Å². The summed E-state index contributed by atoms with van der Waals surface area (Å²) in [4.78, 5) is 12.7. The van der Waals surface area contributed by atoms with E-state index in [-0.39, 0.29) is 0 Å². The van der Waals surface area contributed by atoms with Crippen molar-refractivity contribution in [3.63, 3.8) is 0 Å². The third-order valence-corrected chi connectivity index (χ3v) is 3.66. The summed E-state index contributed by atoms with van der Waals surface area (Å²) in [7, 11) is 1.81. The molecule has 1 atom stereocenters. The third-order valence-electron chi connectivity index (χ3n) is 3.66. The van der Waals surface area contributed by atoms with Gasteiger partial charge in [-0.25, -0.2) is 0 Å². The van der Waals surface area contributed by atoms with Crippen molar-refractivity contribution < 1.29 is 14.6 Å². The Hall–Kier alpha value is -2.07. The predicted octanol–water partition coefficient (Wildman–Crippen LogP) is 3.01. The number of hydrogen-bond donors (Lipinski definition) is 1. The largest absolute Gasteiger partial charge is 0.494 e. The first-order valence-electron chi connectivity index (χ1n) is 7.12. The first-order chi connectivity index (χ1) is 10.1. The van der Waals surface area contributed by atoms with Crippen LogP contribution in [0.15, 0.2) is 42.5 Å². The molecule has 0 spiro atoms. The smallest absolute Gasteiger partial charge is 0.320 e. The summed E-state index contributed by atoms with van der Waals surface area (Å²) < 4.78 is 5.73. The third kappa shape index (κ3) is 4.20. The molecule has 0 fully saturated rings. The molecule has 0 saturated carbocycles. The van der Waals surface area contributed by atoms with Gasteiger partial charge >= 0.3 is 5.97 Å².